The first-order valence-electron chi connectivity index (χ1n) is 7.45. The SMILES string of the molecule is Cn1c2ccc(Br)cc2c2nnc(NN=Cc3cccc(I)c3)nc21. The fraction of sp³-hybridized carbons (Fsp3) is 0.0588. The fourth-order valence-corrected chi connectivity index (χ4v) is 3.56. The zero-order chi connectivity index (χ0) is 17.4. The van der Waals surface area contributed by atoms with Crippen LogP contribution in [0.3, 0.4) is 0 Å². The van der Waals surface area contributed by atoms with Crippen LogP contribution in [0.5, 0.6) is 0 Å². The first-order chi connectivity index (χ1) is 12.1. The van der Waals surface area contributed by atoms with Gasteiger partial charge in [0.25, 0.3) is 5.95 Å². The average Bonchev–Trinajstić information content (AvgIpc) is 2.87. The molecule has 6 nitrogen and oxygen atoms in total. The summed E-state index contributed by atoms with van der Waals surface area (Å²) in [6.45, 7) is 0. The monoisotopic (exact) mass is 506 g/mol. The number of nitrogens with one attached hydrogen (secondary N) is 1. The molecule has 4 rings (SSSR count). The van der Waals surface area contributed by atoms with Crippen LogP contribution < -0.4 is 5.43 Å². The summed E-state index contributed by atoms with van der Waals surface area (Å²) >= 11 is 5.76. The number of anilines is 1. The van der Waals surface area contributed by atoms with Crippen LogP contribution in [0.2, 0.25) is 0 Å². The van der Waals surface area contributed by atoms with Gasteiger partial charge in [0, 0.05) is 20.5 Å². The van der Waals surface area contributed by atoms with Crippen molar-refractivity contribution in [2.24, 2.45) is 12.1 Å². The first kappa shape index (κ1) is 16.4. The van der Waals surface area contributed by atoms with Crippen LogP contribution >= 0.6 is 38.5 Å². The largest absolute Gasteiger partial charge is 0.327 e. The van der Waals surface area contributed by atoms with Crippen molar-refractivity contribution in [3.63, 3.8) is 0 Å². The molecule has 0 aliphatic heterocycles. The lowest BCUT2D eigenvalue weighted by atomic mass is 10.2. The Balaban J connectivity index is 1.67. The van der Waals surface area contributed by atoms with Crippen LogP contribution in [0, 0.1) is 3.57 Å². The van der Waals surface area contributed by atoms with Crippen LogP contribution in [-0.2, 0) is 7.05 Å². The number of hydrogen-bond acceptors (Lipinski definition) is 5. The third kappa shape index (κ3) is 3.23. The van der Waals surface area contributed by atoms with Crippen molar-refractivity contribution in [3.8, 4) is 0 Å². The van der Waals surface area contributed by atoms with E-state index in [9.17, 15) is 0 Å². The number of rotatable bonds is 3. The van der Waals surface area contributed by atoms with Gasteiger partial charge in [-0.25, -0.2) is 5.43 Å². The summed E-state index contributed by atoms with van der Waals surface area (Å²) in [5.74, 6) is 0.361. The highest BCUT2D eigenvalue weighted by atomic mass is 127. The molecule has 0 atom stereocenters. The topological polar surface area (TPSA) is 68.0 Å². The van der Waals surface area contributed by atoms with Gasteiger partial charge in [-0.1, -0.05) is 28.1 Å². The van der Waals surface area contributed by atoms with Crippen molar-refractivity contribution < 1.29 is 0 Å². The zero-order valence-corrected chi connectivity index (χ0v) is 16.9. The molecule has 2 aromatic carbocycles. The average molecular weight is 507 g/mol. The van der Waals surface area contributed by atoms with Gasteiger partial charge in [-0.3, -0.25) is 0 Å². The standard InChI is InChI=1S/C17H12BrIN6/c1-25-14-6-5-11(18)8-13(14)15-16(25)21-17(24-22-15)23-20-9-10-3-2-4-12(19)7-10/h2-9H,1H3,(H,21,23,24). The Labute approximate surface area is 165 Å². The third-order valence-corrected chi connectivity index (χ3v) is 4.95. The highest BCUT2D eigenvalue weighted by Crippen LogP contribution is 2.27. The molecule has 0 aliphatic rings. The minimum absolute atomic E-state index is 0.361. The quantitative estimate of drug-likeness (QED) is 0.255. The number of hydrazone groups is 1. The van der Waals surface area contributed by atoms with Gasteiger partial charge in [0.15, 0.2) is 5.65 Å². The number of nitrogens with zero attached hydrogens (tertiary/aromatic N) is 5. The molecular formula is C17H12BrIN6. The van der Waals surface area contributed by atoms with E-state index in [0.29, 0.717) is 5.95 Å². The number of benzene rings is 2. The molecule has 25 heavy (non-hydrogen) atoms. The Morgan fingerprint density at radius 3 is 2.92 bits per heavy atom. The smallest absolute Gasteiger partial charge is 0.265 e. The lowest BCUT2D eigenvalue weighted by Gasteiger charge is -1.99. The van der Waals surface area contributed by atoms with Crippen LogP contribution in [0.15, 0.2) is 52.0 Å². The van der Waals surface area contributed by atoms with Gasteiger partial charge in [0.1, 0.15) is 5.52 Å². The number of halogens is 2. The normalized spacial score (nSPS) is 11.6. The maximum atomic E-state index is 4.54. The van der Waals surface area contributed by atoms with Crippen molar-refractivity contribution in [2.45, 2.75) is 0 Å². The molecule has 0 bridgehead atoms. The molecule has 0 fully saturated rings. The Kier molecular flexibility index (Phi) is 4.38. The van der Waals surface area contributed by atoms with Gasteiger partial charge >= 0.3 is 0 Å². The fourth-order valence-electron chi connectivity index (χ4n) is 2.63. The zero-order valence-electron chi connectivity index (χ0n) is 13.1. The Bertz CT molecular complexity index is 1120. The summed E-state index contributed by atoms with van der Waals surface area (Å²) in [7, 11) is 1.96. The van der Waals surface area contributed by atoms with Gasteiger partial charge in [-0.2, -0.15) is 10.1 Å². The first-order valence-corrected chi connectivity index (χ1v) is 9.32. The highest BCUT2D eigenvalue weighted by Gasteiger charge is 2.12. The lowest BCUT2D eigenvalue weighted by Crippen LogP contribution is -2.00. The summed E-state index contributed by atoms with van der Waals surface area (Å²) in [5.41, 5.74) is 6.43. The van der Waals surface area contributed by atoms with Crippen LogP contribution in [0.25, 0.3) is 22.1 Å². The van der Waals surface area contributed by atoms with E-state index in [-0.39, 0.29) is 0 Å². The van der Waals surface area contributed by atoms with Gasteiger partial charge in [-0.15, -0.1) is 10.2 Å². The predicted octanol–water partition coefficient (Wildman–Crippen LogP) is 4.33. The maximum absolute atomic E-state index is 4.54. The van der Waals surface area contributed by atoms with E-state index in [2.05, 4.69) is 64.2 Å². The van der Waals surface area contributed by atoms with Gasteiger partial charge in [0.05, 0.1) is 11.7 Å². The molecule has 0 amide bonds. The summed E-state index contributed by atoms with van der Waals surface area (Å²) < 4.78 is 4.15. The molecule has 0 saturated carbocycles. The second-order valence-corrected chi connectivity index (χ2v) is 7.61. The van der Waals surface area contributed by atoms with E-state index >= 15 is 0 Å². The van der Waals surface area contributed by atoms with Gasteiger partial charge in [-0.05, 0) is 58.5 Å². The van der Waals surface area contributed by atoms with E-state index in [1.54, 1.807) is 6.21 Å². The van der Waals surface area contributed by atoms with Crippen molar-refractivity contribution in [1.29, 1.82) is 0 Å². The molecule has 8 heteroatoms. The summed E-state index contributed by atoms with van der Waals surface area (Å²) in [5, 5.41) is 13.7. The Morgan fingerprint density at radius 1 is 1.20 bits per heavy atom. The Hall–Kier alpha value is -2.07. The van der Waals surface area contributed by atoms with Gasteiger partial charge < -0.3 is 4.57 Å². The van der Waals surface area contributed by atoms with E-state index in [4.69, 9.17) is 0 Å². The number of hydrogen-bond donors (Lipinski definition) is 1. The van der Waals surface area contributed by atoms with Crippen molar-refractivity contribution in [1.82, 2.24) is 19.7 Å². The van der Waals surface area contributed by atoms with E-state index in [1.165, 1.54) is 0 Å². The minimum Gasteiger partial charge on any atom is -0.327 e. The van der Waals surface area contributed by atoms with E-state index < -0.39 is 0 Å². The van der Waals surface area contributed by atoms with E-state index in [1.807, 2.05) is 54.1 Å². The van der Waals surface area contributed by atoms with Crippen LogP contribution in [-0.4, -0.2) is 26.0 Å². The molecule has 0 unspecified atom stereocenters. The third-order valence-electron chi connectivity index (χ3n) is 3.79. The predicted molar refractivity (Wildman–Crippen MR) is 112 cm³/mol. The summed E-state index contributed by atoms with van der Waals surface area (Å²) in [4.78, 5) is 4.54. The maximum Gasteiger partial charge on any atom is 0.265 e. The van der Waals surface area contributed by atoms with E-state index in [0.717, 1.165) is 35.7 Å². The molecule has 0 aliphatic carbocycles. The number of fused-ring (bicyclic) bond motifs is 3. The summed E-state index contributed by atoms with van der Waals surface area (Å²) in [6, 6.07) is 14.1. The molecular weight excluding hydrogens is 495 g/mol. The number of aryl methyl sites for hydroxylation is 1. The highest BCUT2D eigenvalue weighted by molar-refractivity contribution is 14.1. The molecule has 0 spiro atoms. The van der Waals surface area contributed by atoms with Crippen molar-refractivity contribution in [3.05, 3.63) is 56.1 Å². The molecule has 124 valence electrons. The molecule has 1 N–H and O–H groups in total. The van der Waals surface area contributed by atoms with Crippen molar-refractivity contribution >= 4 is 72.8 Å². The van der Waals surface area contributed by atoms with Crippen LogP contribution in [0.4, 0.5) is 5.95 Å². The van der Waals surface area contributed by atoms with Gasteiger partial charge in [0.2, 0.25) is 0 Å². The lowest BCUT2D eigenvalue weighted by molar-refractivity contribution is 0.949. The van der Waals surface area contributed by atoms with Crippen molar-refractivity contribution in [2.75, 3.05) is 5.43 Å². The Morgan fingerprint density at radius 2 is 2.08 bits per heavy atom. The molecule has 2 heterocycles. The summed E-state index contributed by atoms with van der Waals surface area (Å²) in [6.07, 6.45) is 1.73. The molecule has 0 saturated heterocycles. The second-order valence-electron chi connectivity index (χ2n) is 5.45. The molecule has 2 aromatic heterocycles. The molecule has 4 aromatic rings. The second kappa shape index (κ2) is 6.68. The minimum atomic E-state index is 0.361. The number of aromatic nitrogens is 4. The molecule has 0 radical (unpaired) electrons. The van der Waals surface area contributed by atoms with Crippen LogP contribution in [0.1, 0.15) is 5.56 Å².